The molecule has 1 saturated heterocycles. The fourth-order valence-electron chi connectivity index (χ4n) is 2.97. The molecule has 1 aromatic carbocycles. The molecule has 1 aliphatic heterocycles. The first-order valence-corrected chi connectivity index (χ1v) is 7.80. The summed E-state index contributed by atoms with van der Waals surface area (Å²) in [5.74, 6) is 0.712. The second kappa shape index (κ2) is 6.35. The maximum Gasteiger partial charge on any atom is 0.0660 e. The highest BCUT2D eigenvalue weighted by Gasteiger charge is 2.21. The van der Waals surface area contributed by atoms with E-state index in [0.29, 0.717) is 11.6 Å². The lowest BCUT2D eigenvalue weighted by atomic mass is 9.91. The Morgan fingerprint density at radius 2 is 2.00 bits per heavy atom. The standard InChI is InChI=1S/C17H20ClN3/c18-16-12-14(19)4-5-17(16)21-9-6-13(7-10-21)11-15-3-1-2-8-20-15/h1-5,8,12-13H,6-7,9-11,19H2. The van der Waals surface area contributed by atoms with Crippen LogP contribution in [0.3, 0.4) is 0 Å². The number of halogens is 1. The molecular formula is C17H20ClN3. The first kappa shape index (κ1) is 14.2. The Morgan fingerprint density at radius 1 is 1.19 bits per heavy atom. The highest BCUT2D eigenvalue weighted by atomic mass is 35.5. The second-order valence-corrected chi connectivity index (χ2v) is 6.07. The minimum absolute atomic E-state index is 0.712. The van der Waals surface area contributed by atoms with E-state index in [1.54, 1.807) is 0 Å². The first-order chi connectivity index (χ1) is 10.2. The maximum absolute atomic E-state index is 6.30. The maximum atomic E-state index is 6.30. The van der Waals surface area contributed by atoms with Gasteiger partial charge >= 0.3 is 0 Å². The SMILES string of the molecule is Nc1ccc(N2CCC(Cc3ccccn3)CC2)c(Cl)c1. The summed E-state index contributed by atoms with van der Waals surface area (Å²) in [6, 6.07) is 11.9. The van der Waals surface area contributed by atoms with Crippen LogP contribution in [0, 0.1) is 5.92 Å². The molecule has 0 amide bonds. The van der Waals surface area contributed by atoms with Gasteiger partial charge in [0.15, 0.2) is 0 Å². The van der Waals surface area contributed by atoms with Crippen LogP contribution in [0.1, 0.15) is 18.5 Å². The van der Waals surface area contributed by atoms with Gasteiger partial charge in [-0.3, -0.25) is 4.98 Å². The van der Waals surface area contributed by atoms with Gasteiger partial charge in [0, 0.05) is 30.7 Å². The van der Waals surface area contributed by atoms with Crippen LogP contribution in [0.4, 0.5) is 11.4 Å². The van der Waals surface area contributed by atoms with Gasteiger partial charge in [0.25, 0.3) is 0 Å². The van der Waals surface area contributed by atoms with Crippen LogP contribution >= 0.6 is 11.6 Å². The van der Waals surface area contributed by atoms with E-state index in [-0.39, 0.29) is 0 Å². The minimum atomic E-state index is 0.712. The van der Waals surface area contributed by atoms with Gasteiger partial charge < -0.3 is 10.6 Å². The number of hydrogen-bond donors (Lipinski definition) is 1. The fourth-order valence-corrected chi connectivity index (χ4v) is 3.28. The van der Waals surface area contributed by atoms with E-state index in [2.05, 4.69) is 22.0 Å². The Morgan fingerprint density at radius 3 is 2.67 bits per heavy atom. The van der Waals surface area contributed by atoms with Crippen LogP contribution in [-0.2, 0) is 6.42 Å². The lowest BCUT2D eigenvalue weighted by molar-refractivity contribution is 0.400. The summed E-state index contributed by atoms with van der Waals surface area (Å²) < 4.78 is 0. The lowest BCUT2D eigenvalue weighted by Gasteiger charge is -2.34. The lowest BCUT2D eigenvalue weighted by Crippen LogP contribution is -2.34. The Hall–Kier alpha value is -1.74. The number of nitrogen functional groups attached to an aromatic ring is 1. The molecule has 0 unspecified atom stereocenters. The molecule has 0 spiro atoms. The minimum Gasteiger partial charge on any atom is -0.399 e. The van der Waals surface area contributed by atoms with Gasteiger partial charge in [-0.05, 0) is 55.5 Å². The molecule has 0 bridgehead atoms. The predicted octanol–water partition coefficient (Wildman–Crippen LogP) is 3.78. The predicted molar refractivity (Wildman–Crippen MR) is 88.7 cm³/mol. The summed E-state index contributed by atoms with van der Waals surface area (Å²) in [6.07, 6.45) is 5.30. The number of aromatic nitrogens is 1. The normalized spacial score (nSPS) is 16.1. The molecule has 21 heavy (non-hydrogen) atoms. The van der Waals surface area contributed by atoms with Crippen LogP contribution in [0.25, 0.3) is 0 Å². The Balaban J connectivity index is 1.60. The molecule has 0 radical (unpaired) electrons. The monoisotopic (exact) mass is 301 g/mol. The highest BCUT2D eigenvalue weighted by Crippen LogP contribution is 2.31. The zero-order chi connectivity index (χ0) is 14.7. The third-order valence-corrected chi connectivity index (χ3v) is 4.45. The molecule has 3 rings (SSSR count). The summed E-state index contributed by atoms with van der Waals surface area (Å²) in [7, 11) is 0. The Bertz CT molecular complexity index is 592. The van der Waals surface area contributed by atoms with E-state index < -0.39 is 0 Å². The van der Waals surface area contributed by atoms with E-state index in [4.69, 9.17) is 17.3 Å². The molecule has 3 nitrogen and oxygen atoms in total. The molecule has 2 heterocycles. The van der Waals surface area contributed by atoms with Crippen molar-refractivity contribution in [2.45, 2.75) is 19.3 Å². The number of rotatable bonds is 3. The number of hydrogen-bond acceptors (Lipinski definition) is 3. The highest BCUT2D eigenvalue weighted by molar-refractivity contribution is 6.33. The van der Waals surface area contributed by atoms with Gasteiger partial charge in [0.2, 0.25) is 0 Å². The van der Waals surface area contributed by atoms with E-state index in [1.807, 2.05) is 30.5 Å². The molecule has 2 N–H and O–H groups in total. The van der Waals surface area contributed by atoms with Crippen LogP contribution in [0.5, 0.6) is 0 Å². The molecule has 2 aromatic rings. The zero-order valence-corrected chi connectivity index (χ0v) is 12.8. The van der Waals surface area contributed by atoms with Crippen molar-refractivity contribution >= 4 is 23.0 Å². The van der Waals surface area contributed by atoms with Crippen molar-refractivity contribution in [1.29, 1.82) is 0 Å². The summed E-state index contributed by atoms with van der Waals surface area (Å²) in [5, 5.41) is 0.748. The van der Waals surface area contributed by atoms with Gasteiger partial charge in [0.05, 0.1) is 10.7 Å². The number of pyridine rings is 1. The smallest absolute Gasteiger partial charge is 0.0660 e. The average Bonchev–Trinajstić information content (AvgIpc) is 2.49. The van der Waals surface area contributed by atoms with E-state index >= 15 is 0 Å². The van der Waals surface area contributed by atoms with Crippen molar-refractivity contribution in [3.63, 3.8) is 0 Å². The largest absolute Gasteiger partial charge is 0.399 e. The van der Waals surface area contributed by atoms with Gasteiger partial charge in [-0.2, -0.15) is 0 Å². The van der Waals surface area contributed by atoms with Crippen LogP contribution in [0.15, 0.2) is 42.6 Å². The Labute approximate surface area is 130 Å². The molecule has 1 aromatic heterocycles. The summed E-state index contributed by atoms with van der Waals surface area (Å²) in [6.45, 7) is 2.09. The van der Waals surface area contributed by atoms with Crippen LogP contribution in [0.2, 0.25) is 5.02 Å². The summed E-state index contributed by atoms with van der Waals surface area (Å²) >= 11 is 6.30. The van der Waals surface area contributed by atoms with Crippen molar-refractivity contribution < 1.29 is 0 Å². The molecular weight excluding hydrogens is 282 g/mol. The summed E-state index contributed by atoms with van der Waals surface area (Å²) in [4.78, 5) is 6.78. The van der Waals surface area contributed by atoms with Gasteiger partial charge in [0.1, 0.15) is 0 Å². The van der Waals surface area contributed by atoms with E-state index in [9.17, 15) is 0 Å². The average molecular weight is 302 g/mol. The van der Waals surface area contributed by atoms with Crippen LogP contribution in [-0.4, -0.2) is 18.1 Å². The molecule has 0 saturated carbocycles. The molecule has 4 heteroatoms. The van der Waals surface area contributed by atoms with Gasteiger partial charge in [-0.15, -0.1) is 0 Å². The molecule has 0 aliphatic carbocycles. The number of nitrogens with two attached hydrogens (primary N) is 1. The topological polar surface area (TPSA) is 42.1 Å². The van der Waals surface area contributed by atoms with E-state index in [0.717, 1.165) is 30.2 Å². The molecule has 110 valence electrons. The third-order valence-electron chi connectivity index (χ3n) is 4.15. The van der Waals surface area contributed by atoms with E-state index in [1.165, 1.54) is 18.5 Å². The van der Waals surface area contributed by atoms with Crippen molar-refractivity contribution in [2.75, 3.05) is 23.7 Å². The first-order valence-electron chi connectivity index (χ1n) is 7.42. The molecule has 0 atom stereocenters. The van der Waals surface area contributed by atoms with Crippen molar-refractivity contribution in [1.82, 2.24) is 4.98 Å². The van der Waals surface area contributed by atoms with Crippen LogP contribution < -0.4 is 10.6 Å². The quantitative estimate of drug-likeness (QED) is 0.877. The van der Waals surface area contributed by atoms with Crippen molar-refractivity contribution in [2.24, 2.45) is 5.92 Å². The number of benzene rings is 1. The van der Waals surface area contributed by atoms with Gasteiger partial charge in [-0.25, -0.2) is 0 Å². The summed E-state index contributed by atoms with van der Waals surface area (Å²) in [5.41, 5.74) is 8.77. The third kappa shape index (κ3) is 3.48. The number of anilines is 2. The zero-order valence-electron chi connectivity index (χ0n) is 12.0. The second-order valence-electron chi connectivity index (χ2n) is 5.67. The number of piperidine rings is 1. The molecule has 1 fully saturated rings. The van der Waals surface area contributed by atoms with Crippen molar-refractivity contribution in [3.05, 3.63) is 53.3 Å². The Kier molecular flexibility index (Phi) is 4.30. The fraction of sp³-hybridized carbons (Fsp3) is 0.353. The molecule has 1 aliphatic rings. The van der Waals surface area contributed by atoms with Gasteiger partial charge in [-0.1, -0.05) is 17.7 Å². The van der Waals surface area contributed by atoms with Crippen molar-refractivity contribution in [3.8, 4) is 0 Å². The number of nitrogens with zero attached hydrogens (tertiary/aromatic N) is 2.